The van der Waals surface area contributed by atoms with E-state index in [9.17, 15) is 9.00 Å². The SMILES string of the molecule is CC(CCS(=N)(=O)CC[C@H](N)C(=O)O)N1CCC(c2cccnc2)=N1. The summed E-state index contributed by atoms with van der Waals surface area (Å²) in [6.07, 6.45) is 4.96. The molecule has 0 radical (unpaired) electrons. The number of rotatable bonds is 9. The van der Waals surface area contributed by atoms with Gasteiger partial charge in [-0.2, -0.15) is 5.10 Å². The van der Waals surface area contributed by atoms with Gasteiger partial charge in [-0.15, -0.1) is 0 Å². The van der Waals surface area contributed by atoms with Crippen LogP contribution < -0.4 is 5.73 Å². The van der Waals surface area contributed by atoms with E-state index in [2.05, 4.69) is 10.1 Å². The molecule has 2 rings (SSSR count). The van der Waals surface area contributed by atoms with E-state index < -0.39 is 21.7 Å². The van der Waals surface area contributed by atoms with Crippen molar-refractivity contribution in [3.63, 3.8) is 0 Å². The number of aliphatic carboxylic acids is 1. The van der Waals surface area contributed by atoms with E-state index >= 15 is 0 Å². The lowest BCUT2D eigenvalue weighted by atomic mass is 10.1. The number of pyridine rings is 1. The molecule has 4 N–H and O–H groups in total. The third kappa shape index (κ3) is 5.79. The molecule has 0 bridgehead atoms. The van der Waals surface area contributed by atoms with Gasteiger partial charge in [-0.3, -0.25) is 19.6 Å². The summed E-state index contributed by atoms with van der Waals surface area (Å²) in [7, 11) is -2.83. The molecule has 9 heteroatoms. The molecule has 25 heavy (non-hydrogen) atoms. The Labute approximate surface area is 148 Å². The number of carboxylic acid groups (broad SMARTS) is 1. The Morgan fingerprint density at radius 2 is 2.20 bits per heavy atom. The Morgan fingerprint density at radius 1 is 1.48 bits per heavy atom. The van der Waals surface area contributed by atoms with Gasteiger partial charge >= 0.3 is 5.97 Å². The smallest absolute Gasteiger partial charge is 0.320 e. The molecule has 0 amide bonds. The van der Waals surface area contributed by atoms with Crippen LogP contribution in [0.1, 0.15) is 31.7 Å². The lowest BCUT2D eigenvalue weighted by Crippen LogP contribution is -2.33. The highest BCUT2D eigenvalue weighted by atomic mass is 32.2. The van der Waals surface area contributed by atoms with Crippen molar-refractivity contribution in [2.24, 2.45) is 10.8 Å². The first kappa shape index (κ1) is 19.3. The molecule has 1 aliphatic rings. The van der Waals surface area contributed by atoms with Gasteiger partial charge in [0.1, 0.15) is 6.04 Å². The van der Waals surface area contributed by atoms with Crippen LogP contribution in [-0.4, -0.2) is 61.1 Å². The van der Waals surface area contributed by atoms with Crippen molar-refractivity contribution >= 4 is 21.4 Å². The van der Waals surface area contributed by atoms with E-state index in [0.717, 1.165) is 24.2 Å². The number of carboxylic acids is 1. The highest BCUT2D eigenvalue weighted by molar-refractivity contribution is 7.92. The quantitative estimate of drug-likeness (QED) is 0.599. The minimum Gasteiger partial charge on any atom is -0.480 e. The molecule has 0 saturated heterocycles. The van der Waals surface area contributed by atoms with E-state index in [0.29, 0.717) is 6.42 Å². The van der Waals surface area contributed by atoms with Gasteiger partial charge in [-0.05, 0) is 25.8 Å². The average Bonchev–Trinajstić information content (AvgIpc) is 3.08. The van der Waals surface area contributed by atoms with Gasteiger partial charge in [0, 0.05) is 58.2 Å². The second-order valence-corrected chi connectivity index (χ2v) is 8.73. The molecular formula is C16H25N5O3S. The Kier molecular flexibility index (Phi) is 6.49. The maximum absolute atomic E-state index is 12.3. The van der Waals surface area contributed by atoms with Crippen molar-refractivity contribution in [1.29, 1.82) is 4.78 Å². The van der Waals surface area contributed by atoms with E-state index in [-0.39, 0.29) is 24.0 Å². The van der Waals surface area contributed by atoms with E-state index in [1.165, 1.54) is 0 Å². The van der Waals surface area contributed by atoms with Crippen LogP contribution in [0.25, 0.3) is 0 Å². The summed E-state index contributed by atoms with van der Waals surface area (Å²) >= 11 is 0. The maximum atomic E-state index is 12.3. The van der Waals surface area contributed by atoms with Crippen LogP contribution in [0.5, 0.6) is 0 Å². The first-order valence-electron chi connectivity index (χ1n) is 8.25. The van der Waals surface area contributed by atoms with Crippen LogP contribution in [0, 0.1) is 4.78 Å². The largest absolute Gasteiger partial charge is 0.480 e. The monoisotopic (exact) mass is 367 g/mol. The van der Waals surface area contributed by atoms with Crippen molar-refractivity contribution < 1.29 is 14.1 Å². The highest BCUT2D eigenvalue weighted by Gasteiger charge is 2.22. The number of hydrazone groups is 1. The summed E-state index contributed by atoms with van der Waals surface area (Å²) in [6, 6.07) is 2.85. The predicted octanol–water partition coefficient (Wildman–Crippen LogP) is 1.12. The fourth-order valence-electron chi connectivity index (χ4n) is 2.58. The molecule has 0 fully saturated rings. The Morgan fingerprint density at radius 3 is 2.84 bits per heavy atom. The minimum atomic E-state index is -2.83. The first-order valence-corrected chi connectivity index (χ1v) is 10.2. The van der Waals surface area contributed by atoms with Crippen LogP contribution in [0.15, 0.2) is 29.6 Å². The van der Waals surface area contributed by atoms with Gasteiger partial charge in [0.05, 0.1) is 5.71 Å². The van der Waals surface area contributed by atoms with Gasteiger partial charge in [0.15, 0.2) is 0 Å². The maximum Gasteiger partial charge on any atom is 0.320 e. The second kappa shape index (κ2) is 8.39. The topological polar surface area (TPSA) is 133 Å². The molecule has 1 aliphatic heterocycles. The molecular weight excluding hydrogens is 342 g/mol. The van der Waals surface area contributed by atoms with Crippen molar-refractivity contribution in [2.45, 2.75) is 38.3 Å². The van der Waals surface area contributed by atoms with Gasteiger partial charge in [0.25, 0.3) is 0 Å². The number of nitrogens with two attached hydrogens (primary N) is 1. The zero-order valence-electron chi connectivity index (χ0n) is 14.3. The number of hydrogen-bond donors (Lipinski definition) is 3. The zero-order valence-corrected chi connectivity index (χ0v) is 15.1. The standard InChI is InChI=1S/C16H25N5O3S/c1-12(5-9-25(18,24)10-6-14(17)16(22)23)21-8-4-15(20-21)13-3-2-7-19-11-13/h2-3,7,11-12,14,18H,4-6,8-10,17H2,1H3,(H,22,23)/t12?,14-,25?/m0/s1. The van der Waals surface area contributed by atoms with Gasteiger partial charge in [-0.25, -0.2) is 4.21 Å². The molecule has 8 nitrogen and oxygen atoms in total. The molecule has 0 spiro atoms. The van der Waals surface area contributed by atoms with Gasteiger partial charge < -0.3 is 10.8 Å². The Bertz CT molecular complexity index is 721. The number of aromatic nitrogens is 1. The van der Waals surface area contributed by atoms with E-state index in [4.69, 9.17) is 15.6 Å². The Hall–Kier alpha value is -2.00. The van der Waals surface area contributed by atoms with Crippen molar-refractivity contribution in [2.75, 3.05) is 18.1 Å². The molecule has 1 aromatic heterocycles. The molecule has 1 aromatic rings. The molecule has 2 heterocycles. The highest BCUT2D eigenvalue weighted by Crippen LogP contribution is 2.17. The lowest BCUT2D eigenvalue weighted by Gasteiger charge is -2.22. The van der Waals surface area contributed by atoms with Gasteiger partial charge in [0.2, 0.25) is 0 Å². The number of nitrogens with one attached hydrogen (secondary N) is 1. The first-order chi connectivity index (χ1) is 11.8. The third-order valence-electron chi connectivity index (χ3n) is 4.27. The fourth-order valence-corrected chi connectivity index (χ4v) is 4.14. The summed E-state index contributed by atoms with van der Waals surface area (Å²) < 4.78 is 20.2. The van der Waals surface area contributed by atoms with Crippen molar-refractivity contribution in [1.82, 2.24) is 9.99 Å². The normalized spacial score (nSPS) is 19.1. The summed E-state index contributed by atoms with van der Waals surface area (Å²) in [5.74, 6) is -0.899. The number of nitrogens with zero attached hydrogens (tertiary/aromatic N) is 3. The molecule has 3 atom stereocenters. The minimum absolute atomic E-state index is 0.0113. The van der Waals surface area contributed by atoms with Crippen molar-refractivity contribution in [3.05, 3.63) is 30.1 Å². The summed E-state index contributed by atoms with van der Waals surface area (Å²) in [5, 5.41) is 15.3. The fraction of sp³-hybridized carbons (Fsp3) is 0.562. The van der Waals surface area contributed by atoms with Gasteiger partial charge in [-0.1, -0.05) is 6.07 Å². The molecule has 138 valence electrons. The molecule has 0 saturated carbocycles. The van der Waals surface area contributed by atoms with Crippen LogP contribution in [0.4, 0.5) is 0 Å². The summed E-state index contributed by atoms with van der Waals surface area (Å²) in [4.78, 5) is 14.8. The van der Waals surface area contributed by atoms with Crippen molar-refractivity contribution in [3.8, 4) is 0 Å². The predicted molar refractivity (Wildman–Crippen MR) is 97.0 cm³/mol. The van der Waals surface area contributed by atoms with Crippen LogP contribution in [0.2, 0.25) is 0 Å². The lowest BCUT2D eigenvalue weighted by molar-refractivity contribution is -0.138. The molecule has 0 aliphatic carbocycles. The third-order valence-corrected chi connectivity index (χ3v) is 6.06. The Balaban J connectivity index is 1.85. The summed E-state index contributed by atoms with van der Waals surface area (Å²) in [5.41, 5.74) is 7.40. The van der Waals surface area contributed by atoms with E-state index in [1.807, 2.05) is 24.1 Å². The average molecular weight is 367 g/mol. The summed E-state index contributed by atoms with van der Waals surface area (Å²) in [6.45, 7) is 2.78. The number of hydrogen-bond acceptors (Lipinski definition) is 7. The molecule has 2 unspecified atom stereocenters. The molecule has 0 aromatic carbocycles. The number of carbonyl (C=O) groups is 1. The second-order valence-electron chi connectivity index (χ2n) is 6.29. The van der Waals surface area contributed by atoms with E-state index in [1.54, 1.807) is 12.4 Å². The zero-order chi connectivity index (χ0) is 18.4. The van der Waals surface area contributed by atoms with Crippen LogP contribution in [0.3, 0.4) is 0 Å². The van der Waals surface area contributed by atoms with Crippen LogP contribution >= 0.6 is 0 Å². The van der Waals surface area contributed by atoms with Crippen LogP contribution in [-0.2, 0) is 14.5 Å².